The maximum absolute atomic E-state index is 12.8. The van der Waals surface area contributed by atoms with Gasteiger partial charge in [0.2, 0.25) is 0 Å². The Hall–Kier alpha value is -2.64. The van der Waals surface area contributed by atoms with E-state index in [2.05, 4.69) is 0 Å². The molecule has 5 nitrogen and oxygen atoms in total. The maximum Gasteiger partial charge on any atom is 0.335 e. The lowest BCUT2D eigenvalue weighted by Gasteiger charge is -2.14. The van der Waals surface area contributed by atoms with E-state index in [1.54, 1.807) is 18.2 Å². The number of amides is 1. The Morgan fingerprint density at radius 3 is 2.58 bits per heavy atom. The summed E-state index contributed by atoms with van der Waals surface area (Å²) in [6.45, 7) is 2.43. The van der Waals surface area contributed by atoms with Crippen molar-refractivity contribution >= 4 is 51.9 Å². The van der Waals surface area contributed by atoms with E-state index < -0.39 is 5.97 Å². The first-order valence-electron chi connectivity index (χ1n) is 7.84. The van der Waals surface area contributed by atoms with E-state index >= 15 is 0 Å². The number of carboxylic acids is 1. The van der Waals surface area contributed by atoms with Gasteiger partial charge >= 0.3 is 5.97 Å². The molecule has 0 radical (unpaired) electrons. The van der Waals surface area contributed by atoms with Gasteiger partial charge in [-0.3, -0.25) is 9.69 Å². The van der Waals surface area contributed by atoms with Gasteiger partial charge in [-0.1, -0.05) is 42.2 Å². The number of aromatic carboxylic acids is 1. The number of ether oxygens (including phenoxy) is 1. The number of carbonyl (C=O) groups is 2. The number of thioether (sulfide) groups is 1. The van der Waals surface area contributed by atoms with Crippen LogP contribution in [0.4, 0.5) is 5.69 Å². The monoisotopic (exact) mass is 385 g/mol. The largest absolute Gasteiger partial charge is 0.493 e. The molecule has 1 heterocycles. The summed E-state index contributed by atoms with van der Waals surface area (Å²) < 4.78 is 5.99. The Bertz CT molecular complexity index is 906. The molecule has 1 fully saturated rings. The average Bonchev–Trinajstić information content (AvgIpc) is 2.90. The predicted molar refractivity (Wildman–Crippen MR) is 107 cm³/mol. The van der Waals surface area contributed by atoms with Crippen LogP contribution in [0.5, 0.6) is 5.75 Å². The van der Waals surface area contributed by atoms with Crippen molar-refractivity contribution in [1.29, 1.82) is 0 Å². The number of anilines is 1. The Morgan fingerprint density at radius 2 is 1.92 bits per heavy atom. The number of carboxylic acid groups (broad SMARTS) is 1. The van der Waals surface area contributed by atoms with Crippen LogP contribution in [0.15, 0.2) is 53.4 Å². The fraction of sp³-hybridized carbons (Fsp3) is 0.105. The van der Waals surface area contributed by atoms with Gasteiger partial charge in [0.15, 0.2) is 4.32 Å². The summed E-state index contributed by atoms with van der Waals surface area (Å²) in [5.41, 5.74) is 1.50. The summed E-state index contributed by atoms with van der Waals surface area (Å²) in [7, 11) is 0. The van der Waals surface area contributed by atoms with Crippen LogP contribution >= 0.6 is 24.0 Å². The molecule has 0 unspecified atom stereocenters. The summed E-state index contributed by atoms with van der Waals surface area (Å²) >= 11 is 6.55. The van der Waals surface area contributed by atoms with Crippen LogP contribution < -0.4 is 9.64 Å². The third-order valence-electron chi connectivity index (χ3n) is 3.67. The summed E-state index contributed by atoms with van der Waals surface area (Å²) in [6.07, 6.45) is 1.76. The molecule has 132 valence electrons. The zero-order valence-electron chi connectivity index (χ0n) is 13.8. The van der Waals surface area contributed by atoms with E-state index in [1.165, 1.54) is 28.8 Å². The zero-order chi connectivity index (χ0) is 18.7. The summed E-state index contributed by atoms with van der Waals surface area (Å²) in [5, 5.41) is 8.99. The summed E-state index contributed by atoms with van der Waals surface area (Å²) in [4.78, 5) is 25.7. The predicted octanol–water partition coefficient (Wildman–Crippen LogP) is 4.19. The summed E-state index contributed by atoms with van der Waals surface area (Å²) in [5.74, 6) is -0.560. The van der Waals surface area contributed by atoms with Crippen LogP contribution in [0.25, 0.3) is 6.08 Å². The first-order valence-corrected chi connectivity index (χ1v) is 9.07. The molecular weight excluding hydrogens is 370 g/mol. The Labute approximate surface area is 160 Å². The molecule has 0 atom stereocenters. The standard InChI is InChI=1S/C19H15NO4S2/c1-2-24-15-6-4-3-5-13(15)11-16-17(21)20(19(25)26-16)14-9-7-12(8-10-14)18(22)23/h3-11H,2H2,1H3,(H,22,23)/b16-11+. The molecule has 2 aromatic carbocycles. The van der Waals surface area contributed by atoms with Crippen molar-refractivity contribution in [2.24, 2.45) is 0 Å². The van der Waals surface area contributed by atoms with Gasteiger partial charge < -0.3 is 9.84 Å². The number of nitrogens with zero attached hydrogens (tertiary/aromatic N) is 1. The Kier molecular flexibility index (Phi) is 5.39. The number of rotatable bonds is 5. The molecule has 7 heteroatoms. The molecular formula is C19H15NO4S2. The van der Waals surface area contributed by atoms with Gasteiger partial charge in [0.25, 0.3) is 5.91 Å². The second-order valence-electron chi connectivity index (χ2n) is 5.34. The maximum atomic E-state index is 12.8. The quantitative estimate of drug-likeness (QED) is 0.615. The van der Waals surface area contributed by atoms with Crippen LogP contribution in [0, 0.1) is 0 Å². The van der Waals surface area contributed by atoms with E-state index in [9.17, 15) is 9.59 Å². The van der Waals surface area contributed by atoms with Crippen molar-refractivity contribution in [3.05, 3.63) is 64.6 Å². The third-order valence-corrected chi connectivity index (χ3v) is 4.97. The van der Waals surface area contributed by atoms with Crippen LogP contribution in [-0.2, 0) is 4.79 Å². The lowest BCUT2D eigenvalue weighted by Crippen LogP contribution is -2.27. The van der Waals surface area contributed by atoms with Gasteiger partial charge in [0.05, 0.1) is 22.8 Å². The first-order chi connectivity index (χ1) is 12.5. The van der Waals surface area contributed by atoms with Gasteiger partial charge in [-0.25, -0.2) is 4.79 Å². The highest BCUT2D eigenvalue weighted by Crippen LogP contribution is 2.37. The molecule has 0 saturated carbocycles. The van der Waals surface area contributed by atoms with Gasteiger partial charge in [-0.2, -0.15) is 0 Å². The van der Waals surface area contributed by atoms with Crippen molar-refractivity contribution in [3.8, 4) is 5.75 Å². The molecule has 1 aliphatic rings. The minimum Gasteiger partial charge on any atom is -0.493 e. The number of hydrogen-bond donors (Lipinski definition) is 1. The normalized spacial score (nSPS) is 15.6. The van der Waals surface area contributed by atoms with E-state index in [0.29, 0.717) is 27.3 Å². The Morgan fingerprint density at radius 1 is 1.23 bits per heavy atom. The van der Waals surface area contributed by atoms with Gasteiger partial charge in [-0.05, 0) is 43.3 Å². The lowest BCUT2D eigenvalue weighted by atomic mass is 10.1. The van der Waals surface area contributed by atoms with Crippen molar-refractivity contribution in [2.75, 3.05) is 11.5 Å². The van der Waals surface area contributed by atoms with Crippen LogP contribution in [-0.4, -0.2) is 27.9 Å². The molecule has 0 bridgehead atoms. The van der Waals surface area contributed by atoms with Crippen molar-refractivity contribution in [3.63, 3.8) is 0 Å². The molecule has 26 heavy (non-hydrogen) atoms. The van der Waals surface area contributed by atoms with E-state index in [0.717, 1.165) is 5.56 Å². The van der Waals surface area contributed by atoms with Gasteiger partial charge in [0.1, 0.15) is 5.75 Å². The van der Waals surface area contributed by atoms with E-state index in [4.69, 9.17) is 22.1 Å². The highest BCUT2D eigenvalue weighted by molar-refractivity contribution is 8.27. The zero-order valence-corrected chi connectivity index (χ0v) is 15.5. The van der Waals surface area contributed by atoms with Crippen molar-refractivity contribution < 1.29 is 19.4 Å². The molecule has 1 amide bonds. The number of hydrogen-bond acceptors (Lipinski definition) is 5. The minimum atomic E-state index is -1.02. The second-order valence-corrected chi connectivity index (χ2v) is 7.02. The average molecular weight is 385 g/mol. The number of carbonyl (C=O) groups excluding carboxylic acids is 1. The highest BCUT2D eigenvalue weighted by Gasteiger charge is 2.33. The van der Waals surface area contributed by atoms with Gasteiger partial charge in [-0.15, -0.1) is 0 Å². The van der Waals surface area contributed by atoms with E-state index in [1.807, 2.05) is 31.2 Å². The van der Waals surface area contributed by atoms with E-state index in [-0.39, 0.29) is 11.5 Å². The fourth-order valence-electron chi connectivity index (χ4n) is 2.47. The fourth-order valence-corrected chi connectivity index (χ4v) is 3.76. The number of benzene rings is 2. The lowest BCUT2D eigenvalue weighted by molar-refractivity contribution is -0.113. The van der Waals surface area contributed by atoms with Crippen LogP contribution in [0.2, 0.25) is 0 Å². The molecule has 2 aromatic rings. The smallest absolute Gasteiger partial charge is 0.335 e. The molecule has 0 aliphatic carbocycles. The summed E-state index contributed by atoms with van der Waals surface area (Å²) in [6, 6.07) is 13.5. The molecule has 1 aliphatic heterocycles. The topological polar surface area (TPSA) is 66.8 Å². The molecule has 3 rings (SSSR count). The third kappa shape index (κ3) is 3.63. The molecule has 0 aromatic heterocycles. The number of para-hydroxylation sites is 1. The Balaban J connectivity index is 1.91. The molecule has 0 spiro atoms. The second kappa shape index (κ2) is 7.72. The minimum absolute atomic E-state index is 0.153. The van der Waals surface area contributed by atoms with Crippen LogP contribution in [0.1, 0.15) is 22.8 Å². The molecule has 1 N–H and O–H groups in total. The SMILES string of the molecule is CCOc1ccccc1/C=C1/SC(=S)N(c2ccc(C(=O)O)cc2)C1=O. The van der Waals surface area contributed by atoms with Crippen molar-refractivity contribution in [2.45, 2.75) is 6.92 Å². The van der Waals surface area contributed by atoms with Crippen molar-refractivity contribution in [1.82, 2.24) is 0 Å². The number of thiocarbonyl (C=S) groups is 1. The molecule has 1 saturated heterocycles. The highest BCUT2D eigenvalue weighted by atomic mass is 32.2. The van der Waals surface area contributed by atoms with Crippen LogP contribution in [0.3, 0.4) is 0 Å². The van der Waals surface area contributed by atoms with Gasteiger partial charge in [0, 0.05) is 5.56 Å². The first kappa shape index (κ1) is 18.2.